The van der Waals surface area contributed by atoms with Crippen molar-refractivity contribution in [3.8, 4) is 11.4 Å². The van der Waals surface area contributed by atoms with Crippen molar-refractivity contribution in [3.05, 3.63) is 65.2 Å². The van der Waals surface area contributed by atoms with Crippen molar-refractivity contribution in [1.29, 1.82) is 0 Å². The van der Waals surface area contributed by atoms with Gasteiger partial charge < -0.3 is 9.42 Å². The van der Waals surface area contributed by atoms with E-state index in [2.05, 4.69) is 57.5 Å². The zero-order valence-corrected chi connectivity index (χ0v) is 13.5. The highest BCUT2D eigenvalue weighted by Gasteiger charge is 2.11. The Morgan fingerprint density at radius 1 is 1.09 bits per heavy atom. The lowest BCUT2D eigenvalue weighted by Crippen LogP contribution is -2.16. The fraction of sp³-hybridized carbons (Fsp3) is 0.111. The molecule has 0 radical (unpaired) electrons. The summed E-state index contributed by atoms with van der Waals surface area (Å²) in [7, 11) is 2.03. The standard InChI is InChI=1S/C18H15N3OS/c1-21(16-7-6-13-4-2-3-5-14(13)10-16)11-17-19-18(20-22-17)15-8-9-23-12-15/h2-10,12H,11H2,1H3. The third-order valence-electron chi connectivity index (χ3n) is 3.79. The maximum Gasteiger partial charge on any atom is 0.246 e. The number of nitrogens with zero attached hydrogens (tertiary/aromatic N) is 3. The van der Waals surface area contributed by atoms with Crippen LogP contribution in [0.2, 0.25) is 0 Å². The molecule has 2 aromatic heterocycles. The Morgan fingerprint density at radius 2 is 1.96 bits per heavy atom. The van der Waals surface area contributed by atoms with Crippen LogP contribution < -0.4 is 4.90 Å². The molecule has 4 rings (SSSR count). The van der Waals surface area contributed by atoms with Crippen LogP contribution in [0.3, 0.4) is 0 Å². The predicted octanol–water partition coefficient (Wildman–Crippen LogP) is 4.59. The third kappa shape index (κ3) is 2.83. The highest BCUT2D eigenvalue weighted by molar-refractivity contribution is 7.08. The Morgan fingerprint density at radius 3 is 2.78 bits per heavy atom. The Bertz CT molecular complexity index is 930. The summed E-state index contributed by atoms with van der Waals surface area (Å²) >= 11 is 1.62. The van der Waals surface area contributed by atoms with Crippen molar-refractivity contribution >= 4 is 27.8 Å². The van der Waals surface area contributed by atoms with Gasteiger partial charge in [0.05, 0.1) is 6.54 Å². The quantitative estimate of drug-likeness (QED) is 0.551. The van der Waals surface area contributed by atoms with E-state index in [1.165, 1.54) is 10.8 Å². The van der Waals surface area contributed by atoms with Crippen molar-refractivity contribution in [2.75, 3.05) is 11.9 Å². The maximum absolute atomic E-state index is 5.37. The van der Waals surface area contributed by atoms with Crippen molar-refractivity contribution < 1.29 is 4.52 Å². The average Bonchev–Trinajstić information content (AvgIpc) is 3.25. The van der Waals surface area contributed by atoms with Crippen molar-refractivity contribution in [2.24, 2.45) is 0 Å². The summed E-state index contributed by atoms with van der Waals surface area (Å²) in [6.07, 6.45) is 0. The minimum atomic E-state index is 0.579. The first-order valence-electron chi connectivity index (χ1n) is 7.35. The largest absolute Gasteiger partial charge is 0.365 e. The molecule has 0 aliphatic carbocycles. The molecule has 0 aliphatic rings. The van der Waals surface area contributed by atoms with E-state index >= 15 is 0 Å². The lowest BCUT2D eigenvalue weighted by Gasteiger charge is -2.17. The molecule has 0 spiro atoms. The van der Waals surface area contributed by atoms with E-state index in [4.69, 9.17) is 4.52 Å². The van der Waals surface area contributed by atoms with Crippen LogP contribution in [0.5, 0.6) is 0 Å². The van der Waals surface area contributed by atoms with Crippen LogP contribution in [0.15, 0.2) is 63.8 Å². The van der Waals surface area contributed by atoms with Gasteiger partial charge in [0.15, 0.2) is 0 Å². The van der Waals surface area contributed by atoms with Crippen molar-refractivity contribution in [1.82, 2.24) is 10.1 Å². The molecule has 23 heavy (non-hydrogen) atoms. The summed E-state index contributed by atoms with van der Waals surface area (Å²) < 4.78 is 5.37. The Labute approximate surface area is 138 Å². The Kier molecular flexibility index (Phi) is 3.55. The molecule has 2 heterocycles. The lowest BCUT2D eigenvalue weighted by atomic mass is 10.1. The second kappa shape index (κ2) is 5.85. The second-order valence-electron chi connectivity index (χ2n) is 5.41. The molecule has 0 fully saturated rings. The highest BCUT2D eigenvalue weighted by atomic mass is 32.1. The molecular formula is C18H15N3OS. The summed E-state index contributed by atoms with van der Waals surface area (Å²) in [4.78, 5) is 6.58. The molecule has 4 nitrogen and oxygen atoms in total. The topological polar surface area (TPSA) is 42.2 Å². The summed E-state index contributed by atoms with van der Waals surface area (Å²) in [6, 6.07) is 16.7. The van der Waals surface area contributed by atoms with Crippen LogP contribution in [-0.2, 0) is 6.54 Å². The fourth-order valence-corrected chi connectivity index (χ4v) is 3.17. The van der Waals surface area contributed by atoms with Crippen molar-refractivity contribution in [3.63, 3.8) is 0 Å². The molecule has 0 saturated heterocycles. The maximum atomic E-state index is 5.37. The van der Waals surface area contributed by atoms with Gasteiger partial charge in [0.2, 0.25) is 11.7 Å². The molecule has 0 N–H and O–H groups in total. The van der Waals surface area contributed by atoms with E-state index in [1.54, 1.807) is 11.3 Å². The van der Waals surface area contributed by atoms with Gasteiger partial charge in [0.1, 0.15) is 0 Å². The Hall–Kier alpha value is -2.66. The van der Waals surface area contributed by atoms with E-state index < -0.39 is 0 Å². The van der Waals surface area contributed by atoms with Crippen LogP contribution in [0.4, 0.5) is 5.69 Å². The number of thiophene rings is 1. The van der Waals surface area contributed by atoms with Gasteiger partial charge in [0, 0.05) is 23.7 Å². The normalized spacial score (nSPS) is 11.0. The number of fused-ring (bicyclic) bond motifs is 1. The first-order valence-corrected chi connectivity index (χ1v) is 8.29. The minimum Gasteiger partial charge on any atom is -0.365 e. The van der Waals surface area contributed by atoms with Gasteiger partial charge in [-0.25, -0.2) is 0 Å². The molecule has 0 atom stereocenters. The Balaban J connectivity index is 1.55. The molecule has 0 aliphatic heterocycles. The molecule has 2 aromatic carbocycles. The van der Waals surface area contributed by atoms with Gasteiger partial charge >= 0.3 is 0 Å². The molecule has 0 saturated carbocycles. The molecule has 114 valence electrons. The molecule has 0 unspecified atom stereocenters. The van der Waals surface area contributed by atoms with Crippen LogP contribution in [-0.4, -0.2) is 17.2 Å². The second-order valence-corrected chi connectivity index (χ2v) is 6.19. The number of anilines is 1. The number of hydrogen-bond donors (Lipinski definition) is 0. The van der Waals surface area contributed by atoms with Crippen LogP contribution >= 0.6 is 11.3 Å². The van der Waals surface area contributed by atoms with Crippen LogP contribution in [0.25, 0.3) is 22.2 Å². The first kappa shape index (κ1) is 14.0. The zero-order valence-electron chi connectivity index (χ0n) is 12.6. The zero-order chi connectivity index (χ0) is 15.6. The molecule has 0 bridgehead atoms. The van der Waals surface area contributed by atoms with E-state index in [9.17, 15) is 0 Å². The monoisotopic (exact) mass is 321 g/mol. The summed E-state index contributed by atoms with van der Waals surface area (Å²) in [5.41, 5.74) is 2.12. The van der Waals surface area contributed by atoms with E-state index in [0.717, 1.165) is 11.3 Å². The van der Waals surface area contributed by atoms with Gasteiger partial charge in [-0.2, -0.15) is 16.3 Å². The highest BCUT2D eigenvalue weighted by Crippen LogP contribution is 2.23. The average molecular weight is 321 g/mol. The smallest absolute Gasteiger partial charge is 0.246 e. The number of benzene rings is 2. The summed E-state index contributed by atoms with van der Waals surface area (Å²) in [5.74, 6) is 1.26. The van der Waals surface area contributed by atoms with E-state index in [0.29, 0.717) is 18.3 Å². The number of aromatic nitrogens is 2. The number of rotatable bonds is 4. The van der Waals surface area contributed by atoms with E-state index in [-0.39, 0.29) is 0 Å². The third-order valence-corrected chi connectivity index (χ3v) is 4.48. The van der Waals surface area contributed by atoms with Gasteiger partial charge in [-0.15, -0.1) is 0 Å². The summed E-state index contributed by atoms with van der Waals surface area (Å²) in [5, 5.41) is 10.5. The van der Waals surface area contributed by atoms with Gasteiger partial charge in [-0.1, -0.05) is 35.5 Å². The summed E-state index contributed by atoms with van der Waals surface area (Å²) in [6.45, 7) is 0.579. The van der Waals surface area contributed by atoms with Gasteiger partial charge in [-0.05, 0) is 34.4 Å². The molecule has 5 heteroatoms. The minimum absolute atomic E-state index is 0.579. The SMILES string of the molecule is CN(Cc1nc(-c2ccsc2)no1)c1ccc2ccccc2c1. The van der Waals surface area contributed by atoms with Crippen LogP contribution in [0.1, 0.15) is 5.89 Å². The van der Waals surface area contributed by atoms with E-state index in [1.807, 2.05) is 23.9 Å². The predicted molar refractivity (Wildman–Crippen MR) is 93.7 cm³/mol. The van der Waals surface area contributed by atoms with Crippen LogP contribution in [0, 0.1) is 0 Å². The van der Waals surface area contributed by atoms with Gasteiger partial charge in [0.25, 0.3) is 0 Å². The molecule has 4 aromatic rings. The molecule has 0 amide bonds. The lowest BCUT2D eigenvalue weighted by molar-refractivity contribution is 0.378. The first-order chi connectivity index (χ1) is 11.3. The molecular weight excluding hydrogens is 306 g/mol. The van der Waals surface area contributed by atoms with Gasteiger partial charge in [-0.3, -0.25) is 0 Å². The fourth-order valence-electron chi connectivity index (χ4n) is 2.54. The van der Waals surface area contributed by atoms with Crippen molar-refractivity contribution in [2.45, 2.75) is 6.54 Å². The number of hydrogen-bond acceptors (Lipinski definition) is 5.